The smallest absolute Gasteiger partial charge is 0.300 e. The van der Waals surface area contributed by atoms with Crippen LogP contribution in [0.5, 0.6) is 17.2 Å². The summed E-state index contributed by atoms with van der Waals surface area (Å²) in [6.07, 6.45) is 0.688. The number of carbonyl (C=O) groups is 2. The van der Waals surface area contributed by atoms with Crippen molar-refractivity contribution in [2.45, 2.75) is 26.3 Å². The molecule has 1 unspecified atom stereocenters. The molecule has 2 aliphatic rings. The minimum Gasteiger partial charge on any atom is -0.507 e. The predicted molar refractivity (Wildman–Crippen MR) is 136 cm³/mol. The SMILES string of the molecule is CCOc1cc(C2/C(=C(\O)c3ccc4c(c3)CCO4)C(=O)C(=O)N2c2ccc(Cl)cc2C)ccc1O. The number of carbonyl (C=O) groups excluding carboxylic acids is 2. The Kier molecular flexibility index (Phi) is 6.10. The molecule has 184 valence electrons. The van der Waals surface area contributed by atoms with Crippen molar-refractivity contribution in [2.75, 3.05) is 18.1 Å². The van der Waals surface area contributed by atoms with Gasteiger partial charge in [-0.15, -0.1) is 0 Å². The fourth-order valence-electron chi connectivity index (χ4n) is 4.75. The minimum atomic E-state index is -0.964. The van der Waals surface area contributed by atoms with Gasteiger partial charge in [-0.2, -0.15) is 0 Å². The molecule has 3 aromatic carbocycles. The van der Waals surface area contributed by atoms with Crippen LogP contribution in [0, 0.1) is 6.92 Å². The molecule has 0 spiro atoms. The number of phenols is 1. The second-order valence-electron chi connectivity index (χ2n) is 8.68. The molecular formula is C28H24ClNO6. The van der Waals surface area contributed by atoms with E-state index >= 15 is 0 Å². The van der Waals surface area contributed by atoms with Crippen molar-refractivity contribution in [1.29, 1.82) is 0 Å². The van der Waals surface area contributed by atoms with Crippen LogP contribution in [0.15, 0.2) is 60.2 Å². The number of aliphatic hydroxyl groups excluding tert-OH is 1. The number of aromatic hydroxyl groups is 1. The highest BCUT2D eigenvalue weighted by Crippen LogP contribution is 2.45. The van der Waals surface area contributed by atoms with E-state index in [4.69, 9.17) is 21.1 Å². The molecule has 2 N–H and O–H groups in total. The highest BCUT2D eigenvalue weighted by molar-refractivity contribution is 6.51. The van der Waals surface area contributed by atoms with Gasteiger partial charge in [-0.1, -0.05) is 17.7 Å². The van der Waals surface area contributed by atoms with Crippen molar-refractivity contribution in [3.05, 3.63) is 87.4 Å². The van der Waals surface area contributed by atoms with Crippen LogP contribution in [0.4, 0.5) is 5.69 Å². The van der Waals surface area contributed by atoms with Crippen LogP contribution in [-0.4, -0.2) is 35.1 Å². The molecule has 2 heterocycles. The standard InChI is InChI=1S/C28H24ClNO6/c1-3-35-23-14-17(4-8-21(23)31)25-24(26(32)18-5-9-22-16(13-18)10-11-36-22)27(33)28(34)30(25)20-7-6-19(29)12-15(20)2/h4-9,12-14,25,31-32H,3,10-11H2,1-2H3/b26-24+. The van der Waals surface area contributed by atoms with Gasteiger partial charge in [0, 0.05) is 22.7 Å². The third kappa shape index (κ3) is 3.95. The molecule has 5 rings (SSSR count). The Bertz CT molecular complexity index is 1430. The van der Waals surface area contributed by atoms with Crippen LogP contribution in [0.2, 0.25) is 5.02 Å². The summed E-state index contributed by atoms with van der Waals surface area (Å²) in [6, 6.07) is 13.9. The molecule has 0 aromatic heterocycles. The topological polar surface area (TPSA) is 96.3 Å². The molecule has 0 saturated carbocycles. The van der Waals surface area contributed by atoms with Gasteiger partial charge in [0.2, 0.25) is 0 Å². The molecule has 0 bridgehead atoms. The van der Waals surface area contributed by atoms with Crippen molar-refractivity contribution in [3.63, 3.8) is 0 Å². The van der Waals surface area contributed by atoms with Gasteiger partial charge in [0.1, 0.15) is 11.5 Å². The van der Waals surface area contributed by atoms with E-state index in [9.17, 15) is 19.8 Å². The predicted octanol–water partition coefficient (Wildman–Crippen LogP) is 5.31. The minimum absolute atomic E-state index is 0.0543. The summed E-state index contributed by atoms with van der Waals surface area (Å²) in [5.74, 6) is -0.993. The molecule has 0 radical (unpaired) electrons. The first-order valence-electron chi connectivity index (χ1n) is 11.6. The summed E-state index contributed by atoms with van der Waals surface area (Å²) >= 11 is 6.15. The Balaban J connectivity index is 1.73. The summed E-state index contributed by atoms with van der Waals surface area (Å²) in [4.78, 5) is 28.2. The van der Waals surface area contributed by atoms with Crippen molar-refractivity contribution in [3.8, 4) is 17.2 Å². The molecule has 7 nitrogen and oxygen atoms in total. The molecule has 3 aromatic rings. The van der Waals surface area contributed by atoms with Crippen molar-refractivity contribution >= 4 is 34.7 Å². The van der Waals surface area contributed by atoms with Gasteiger partial charge in [-0.3, -0.25) is 14.5 Å². The molecule has 36 heavy (non-hydrogen) atoms. The number of ether oxygens (including phenoxy) is 2. The number of benzene rings is 3. The first-order valence-corrected chi connectivity index (χ1v) is 12.0. The first-order chi connectivity index (χ1) is 17.3. The second kappa shape index (κ2) is 9.24. The molecule has 2 aliphatic heterocycles. The lowest BCUT2D eigenvalue weighted by Crippen LogP contribution is -2.30. The van der Waals surface area contributed by atoms with Crippen LogP contribution in [0.25, 0.3) is 5.76 Å². The average Bonchev–Trinajstić information content (AvgIpc) is 3.43. The number of aryl methyl sites for hydroxylation is 1. The zero-order valence-electron chi connectivity index (χ0n) is 19.7. The number of amides is 1. The van der Waals surface area contributed by atoms with E-state index in [1.807, 2.05) is 0 Å². The summed E-state index contributed by atoms with van der Waals surface area (Å²) < 4.78 is 11.1. The Labute approximate surface area is 213 Å². The first kappa shape index (κ1) is 23.8. The normalized spacial score (nSPS) is 18.3. The number of nitrogens with zero attached hydrogens (tertiary/aromatic N) is 1. The van der Waals surface area contributed by atoms with Crippen molar-refractivity contribution in [2.24, 2.45) is 0 Å². The number of phenolic OH excluding ortho intramolecular Hbond substituents is 1. The Morgan fingerprint density at radius 1 is 1.14 bits per heavy atom. The Hall–Kier alpha value is -3.97. The van der Waals surface area contributed by atoms with Crippen molar-refractivity contribution in [1.82, 2.24) is 0 Å². The number of hydrogen-bond donors (Lipinski definition) is 2. The van der Waals surface area contributed by atoms with Gasteiger partial charge in [0.15, 0.2) is 11.5 Å². The van der Waals surface area contributed by atoms with Crippen LogP contribution in [0.1, 0.15) is 35.2 Å². The largest absolute Gasteiger partial charge is 0.507 e. The maximum absolute atomic E-state index is 13.4. The lowest BCUT2D eigenvalue weighted by Gasteiger charge is -2.27. The highest BCUT2D eigenvalue weighted by atomic mass is 35.5. The van der Waals surface area contributed by atoms with Crippen molar-refractivity contribution < 1.29 is 29.3 Å². The molecule has 1 atom stereocenters. The number of aliphatic hydroxyl groups is 1. The third-order valence-corrected chi connectivity index (χ3v) is 6.66. The average molecular weight is 506 g/mol. The lowest BCUT2D eigenvalue weighted by molar-refractivity contribution is -0.132. The number of anilines is 1. The number of fused-ring (bicyclic) bond motifs is 1. The monoisotopic (exact) mass is 505 g/mol. The zero-order valence-corrected chi connectivity index (χ0v) is 20.5. The molecular weight excluding hydrogens is 482 g/mol. The van der Waals surface area contributed by atoms with Crippen LogP contribution < -0.4 is 14.4 Å². The fraction of sp³-hybridized carbons (Fsp3) is 0.214. The van der Waals surface area contributed by atoms with E-state index in [1.165, 1.54) is 11.0 Å². The van der Waals surface area contributed by atoms with Crippen LogP contribution in [-0.2, 0) is 16.0 Å². The summed E-state index contributed by atoms with van der Waals surface area (Å²) in [6.45, 7) is 4.44. The number of ketones is 1. The van der Waals surface area contributed by atoms with Gasteiger partial charge in [-0.25, -0.2) is 0 Å². The summed E-state index contributed by atoms with van der Waals surface area (Å²) in [5, 5.41) is 22.2. The van der Waals surface area contributed by atoms with E-state index < -0.39 is 17.7 Å². The number of rotatable bonds is 5. The highest BCUT2D eigenvalue weighted by Gasteiger charge is 2.47. The van der Waals surface area contributed by atoms with Gasteiger partial charge in [0.25, 0.3) is 11.7 Å². The number of hydrogen-bond acceptors (Lipinski definition) is 6. The molecule has 0 aliphatic carbocycles. The summed E-state index contributed by atoms with van der Waals surface area (Å²) in [7, 11) is 0. The van der Waals surface area contributed by atoms with Crippen LogP contribution >= 0.6 is 11.6 Å². The maximum atomic E-state index is 13.4. The van der Waals surface area contributed by atoms with Gasteiger partial charge >= 0.3 is 0 Å². The van der Waals surface area contributed by atoms with E-state index in [0.29, 0.717) is 47.0 Å². The summed E-state index contributed by atoms with van der Waals surface area (Å²) in [5.41, 5.74) is 2.95. The molecule has 8 heteroatoms. The third-order valence-electron chi connectivity index (χ3n) is 6.43. The number of halogens is 1. The maximum Gasteiger partial charge on any atom is 0.300 e. The van der Waals surface area contributed by atoms with Gasteiger partial charge in [-0.05, 0) is 79.1 Å². The van der Waals surface area contributed by atoms with Gasteiger partial charge < -0.3 is 19.7 Å². The fourth-order valence-corrected chi connectivity index (χ4v) is 4.97. The number of Topliss-reactive ketones (excluding diaryl/α,β-unsaturated/α-hetero) is 1. The van der Waals surface area contributed by atoms with E-state index in [1.54, 1.807) is 62.4 Å². The van der Waals surface area contributed by atoms with Crippen LogP contribution in [0.3, 0.4) is 0 Å². The van der Waals surface area contributed by atoms with E-state index in [-0.39, 0.29) is 22.8 Å². The molecule has 1 fully saturated rings. The second-order valence-corrected chi connectivity index (χ2v) is 9.12. The molecule has 1 saturated heterocycles. The lowest BCUT2D eigenvalue weighted by atomic mass is 9.94. The van der Waals surface area contributed by atoms with E-state index in [2.05, 4.69) is 0 Å². The quantitative estimate of drug-likeness (QED) is 0.277. The molecule has 1 amide bonds. The Morgan fingerprint density at radius 2 is 1.94 bits per heavy atom. The zero-order chi connectivity index (χ0) is 25.6. The van der Waals surface area contributed by atoms with E-state index in [0.717, 1.165) is 11.3 Å². The Morgan fingerprint density at radius 3 is 2.69 bits per heavy atom. The van der Waals surface area contributed by atoms with Gasteiger partial charge in [0.05, 0.1) is 24.8 Å².